The molecule has 6 heteroatoms. The van der Waals surface area contributed by atoms with Crippen LogP contribution in [0.1, 0.15) is 258 Å². The van der Waals surface area contributed by atoms with E-state index in [1.54, 1.807) is 6.08 Å². The topological polar surface area (TPSA) is 78.9 Å². The van der Waals surface area contributed by atoms with E-state index in [0.29, 0.717) is 19.3 Å². The molecule has 1 unspecified atom stereocenters. The van der Waals surface area contributed by atoms with Gasteiger partial charge in [-0.1, -0.05) is 251 Å². The van der Waals surface area contributed by atoms with Crippen LogP contribution in [0.15, 0.2) is 122 Å². The van der Waals surface area contributed by atoms with Crippen LogP contribution in [0.25, 0.3) is 0 Å². The van der Waals surface area contributed by atoms with E-state index in [1.807, 2.05) is 6.08 Å². The van der Waals surface area contributed by atoms with Gasteiger partial charge in [0.2, 0.25) is 0 Å². The minimum atomic E-state index is -0.839. The molecule has 0 saturated heterocycles. The highest BCUT2D eigenvalue weighted by molar-refractivity contribution is 5.72. The average molecular weight is 998 g/mol. The SMILES string of the molecule is CC/C=C\C/C=C\C/C=C\C/C=C\C/C=C\CC(=O)OC(COC(=O)CCCCCCC/C=C\CCCCCCC)COC(=O)CCCCCCCCCCCCCC/C=C\C/C=C\C/C=C\C/C=C\CC. The van der Waals surface area contributed by atoms with Gasteiger partial charge in [0.15, 0.2) is 6.10 Å². The van der Waals surface area contributed by atoms with Gasteiger partial charge in [0.05, 0.1) is 6.42 Å². The molecule has 0 rings (SSSR count). The minimum Gasteiger partial charge on any atom is -0.462 e. The summed E-state index contributed by atoms with van der Waals surface area (Å²) in [5, 5.41) is 0. The Morgan fingerprint density at radius 2 is 0.583 bits per heavy atom. The molecule has 72 heavy (non-hydrogen) atoms. The Balaban J connectivity index is 4.40. The molecule has 0 aliphatic rings. The zero-order valence-electron chi connectivity index (χ0n) is 46.7. The van der Waals surface area contributed by atoms with E-state index in [4.69, 9.17) is 14.2 Å². The highest BCUT2D eigenvalue weighted by Gasteiger charge is 2.19. The predicted octanol–water partition coefficient (Wildman–Crippen LogP) is 20.0. The molecule has 6 nitrogen and oxygen atoms in total. The van der Waals surface area contributed by atoms with Crippen LogP contribution in [-0.2, 0) is 28.6 Å². The number of esters is 3. The van der Waals surface area contributed by atoms with Gasteiger partial charge in [-0.05, 0) is 109 Å². The molecule has 0 aromatic carbocycles. The smallest absolute Gasteiger partial charge is 0.310 e. The lowest BCUT2D eigenvalue weighted by atomic mass is 10.0. The molecule has 0 aromatic heterocycles. The first-order chi connectivity index (χ1) is 35.5. The second-order valence-corrected chi connectivity index (χ2v) is 19.2. The van der Waals surface area contributed by atoms with Crippen LogP contribution in [0, 0.1) is 0 Å². The van der Waals surface area contributed by atoms with Crippen molar-refractivity contribution in [1.82, 2.24) is 0 Å². The molecule has 0 aliphatic carbocycles. The van der Waals surface area contributed by atoms with Crippen molar-refractivity contribution in [3.05, 3.63) is 122 Å². The molecule has 0 aliphatic heterocycles. The molecule has 0 bridgehead atoms. The summed E-state index contributed by atoms with van der Waals surface area (Å²) in [4.78, 5) is 38.1. The van der Waals surface area contributed by atoms with E-state index in [9.17, 15) is 14.4 Å². The largest absolute Gasteiger partial charge is 0.462 e. The Morgan fingerprint density at radius 3 is 0.931 bits per heavy atom. The third-order valence-electron chi connectivity index (χ3n) is 12.2. The fraction of sp³-hybridized carbons (Fsp3) is 0.652. The molecular weight excluding hydrogens is 889 g/mol. The van der Waals surface area contributed by atoms with E-state index in [2.05, 4.69) is 130 Å². The number of rotatable bonds is 52. The third-order valence-corrected chi connectivity index (χ3v) is 12.2. The summed E-state index contributed by atoms with van der Waals surface area (Å²) in [6.45, 7) is 6.31. The van der Waals surface area contributed by atoms with E-state index >= 15 is 0 Å². The number of hydrogen-bond acceptors (Lipinski definition) is 6. The minimum absolute atomic E-state index is 0.0918. The summed E-state index contributed by atoms with van der Waals surface area (Å²) in [6, 6.07) is 0. The molecule has 1 atom stereocenters. The number of carbonyl (C=O) groups is 3. The predicted molar refractivity (Wildman–Crippen MR) is 311 cm³/mol. The highest BCUT2D eigenvalue weighted by atomic mass is 16.6. The highest BCUT2D eigenvalue weighted by Crippen LogP contribution is 2.15. The Labute approximate surface area is 443 Å². The zero-order valence-corrected chi connectivity index (χ0v) is 46.7. The Hall–Kier alpha value is -4.19. The number of ether oxygens (including phenoxy) is 3. The van der Waals surface area contributed by atoms with Gasteiger partial charge in [0, 0.05) is 12.8 Å². The molecule has 0 fully saturated rings. The van der Waals surface area contributed by atoms with Gasteiger partial charge < -0.3 is 14.2 Å². The second kappa shape index (κ2) is 59.4. The molecule has 0 N–H and O–H groups in total. The number of hydrogen-bond donors (Lipinski definition) is 0. The summed E-state index contributed by atoms with van der Waals surface area (Å²) >= 11 is 0. The van der Waals surface area contributed by atoms with Gasteiger partial charge >= 0.3 is 17.9 Å². The molecule has 0 heterocycles. The van der Waals surface area contributed by atoms with Crippen LogP contribution < -0.4 is 0 Å². The van der Waals surface area contributed by atoms with Crippen LogP contribution >= 0.6 is 0 Å². The van der Waals surface area contributed by atoms with Crippen molar-refractivity contribution in [3.8, 4) is 0 Å². The van der Waals surface area contributed by atoms with Gasteiger partial charge in [-0.2, -0.15) is 0 Å². The van der Waals surface area contributed by atoms with Crippen molar-refractivity contribution in [2.45, 2.75) is 264 Å². The lowest BCUT2D eigenvalue weighted by Gasteiger charge is -2.18. The Bertz CT molecular complexity index is 1520. The van der Waals surface area contributed by atoms with E-state index in [1.165, 1.54) is 109 Å². The summed E-state index contributed by atoms with van der Waals surface area (Å²) in [6.07, 6.45) is 82.2. The summed E-state index contributed by atoms with van der Waals surface area (Å²) in [7, 11) is 0. The van der Waals surface area contributed by atoms with Crippen LogP contribution in [0.2, 0.25) is 0 Å². The Morgan fingerprint density at radius 1 is 0.306 bits per heavy atom. The molecule has 0 radical (unpaired) electrons. The summed E-state index contributed by atoms with van der Waals surface area (Å²) < 4.78 is 16.7. The van der Waals surface area contributed by atoms with E-state index < -0.39 is 12.1 Å². The van der Waals surface area contributed by atoms with Crippen molar-refractivity contribution < 1.29 is 28.6 Å². The third kappa shape index (κ3) is 56.7. The van der Waals surface area contributed by atoms with Crippen LogP contribution in [0.3, 0.4) is 0 Å². The first-order valence-electron chi connectivity index (χ1n) is 29.5. The Kier molecular flexibility index (Phi) is 55.9. The maximum Gasteiger partial charge on any atom is 0.310 e. The van der Waals surface area contributed by atoms with E-state index in [0.717, 1.165) is 103 Å². The first-order valence-corrected chi connectivity index (χ1v) is 29.5. The number of carbonyl (C=O) groups excluding carboxylic acids is 3. The summed E-state index contributed by atoms with van der Waals surface area (Å²) in [5.74, 6) is -1.06. The molecule has 0 amide bonds. The van der Waals surface area contributed by atoms with Gasteiger partial charge in [-0.15, -0.1) is 0 Å². The lowest BCUT2D eigenvalue weighted by molar-refractivity contribution is -0.166. The normalized spacial score (nSPS) is 13.0. The van der Waals surface area contributed by atoms with Crippen molar-refractivity contribution in [1.29, 1.82) is 0 Å². The van der Waals surface area contributed by atoms with Gasteiger partial charge in [0.25, 0.3) is 0 Å². The quantitative estimate of drug-likeness (QED) is 0.0261. The van der Waals surface area contributed by atoms with Gasteiger partial charge in [-0.25, -0.2) is 0 Å². The second-order valence-electron chi connectivity index (χ2n) is 19.2. The molecule has 408 valence electrons. The van der Waals surface area contributed by atoms with Crippen LogP contribution in [0.5, 0.6) is 0 Å². The first kappa shape index (κ1) is 67.8. The fourth-order valence-corrected chi connectivity index (χ4v) is 7.86. The van der Waals surface area contributed by atoms with Crippen LogP contribution in [-0.4, -0.2) is 37.2 Å². The number of allylic oxidation sites excluding steroid dienone is 19. The van der Waals surface area contributed by atoms with Gasteiger partial charge in [-0.3, -0.25) is 14.4 Å². The molecular formula is C66H108O6. The van der Waals surface area contributed by atoms with Crippen molar-refractivity contribution >= 4 is 17.9 Å². The molecule has 0 saturated carbocycles. The fourth-order valence-electron chi connectivity index (χ4n) is 7.86. The summed E-state index contributed by atoms with van der Waals surface area (Å²) in [5.41, 5.74) is 0. The zero-order chi connectivity index (χ0) is 52.2. The van der Waals surface area contributed by atoms with Crippen molar-refractivity contribution in [2.24, 2.45) is 0 Å². The van der Waals surface area contributed by atoms with Crippen LogP contribution in [0.4, 0.5) is 0 Å². The monoisotopic (exact) mass is 997 g/mol. The van der Waals surface area contributed by atoms with Crippen molar-refractivity contribution in [3.63, 3.8) is 0 Å². The standard InChI is InChI=1S/C66H108O6/c1-4-7-10-13-16-19-22-25-28-29-30-31-32-33-34-35-36-37-39-41-44-47-50-53-56-59-65(68)71-62-63(61-70-64(67)58-55-52-49-46-43-40-27-24-21-18-15-12-9-6-3)72-66(69)60-57-54-51-48-45-42-38-26-23-20-17-14-11-8-5-2/h7-8,10-11,16-17,19-20,24-28,30-31,38,45,48,54,57,63H,4-6,9,12-15,18,21-23,29,32-37,39-44,46-47,49-53,55-56,58-62H2,1-3H3/b10-7-,11-8-,19-16-,20-17-,27-24-,28-25-,31-30-,38-26-,48-45-,57-54-. The number of unbranched alkanes of at least 4 members (excludes halogenated alkanes) is 22. The van der Waals surface area contributed by atoms with Gasteiger partial charge in [0.1, 0.15) is 13.2 Å². The maximum absolute atomic E-state index is 12.8. The maximum atomic E-state index is 12.8. The van der Waals surface area contributed by atoms with Crippen molar-refractivity contribution in [2.75, 3.05) is 13.2 Å². The lowest BCUT2D eigenvalue weighted by Crippen LogP contribution is -2.30. The van der Waals surface area contributed by atoms with E-state index in [-0.39, 0.29) is 31.6 Å². The molecule has 0 spiro atoms. The average Bonchev–Trinajstić information content (AvgIpc) is 3.38. The molecule has 0 aromatic rings.